The molecule has 1 aromatic carbocycles. The van der Waals surface area contributed by atoms with Crippen LogP contribution >= 0.6 is 0 Å². The van der Waals surface area contributed by atoms with Crippen LogP contribution in [0.4, 0.5) is 5.69 Å². The maximum Gasteiger partial charge on any atom is 0.258 e. The van der Waals surface area contributed by atoms with Crippen molar-refractivity contribution in [2.45, 2.75) is 12.1 Å². The van der Waals surface area contributed by atoms with Gasteiger partial charge in [0.15, 0.2) is 12.1 Å². The second-order valence-electron chi connectivity index (χ2n) is 4.01. The lowest BCUT2D eigenvalue weighted by atomic mass is 10.1. The van der Waals surface area contributed by atoms with Crippen molar-refractivity contribution < 1.29 is 9.59 Å². The Morgan fingerprint density at radius 3 is 2.53 bits per heavy atom. The van der Waals surface area contributed by atoms with Gasteiger partial charge in [0.05, 0.1) is 5.69 Å². The number of para-hydroxylation sites is 1. The zero-order valence-electron chi connectivity index (χ0n) is 9.15. The Morgan fingerprint density at radius 2 is 1.82 bits per heavy atom. The van der Waals surface area contributed by atoms with Gasteiger partial charge in [-0.05, 0) is 12.1 Å². The summed E-state index contributed by atoms with van der Waals surface area (Å²) < 4.78 is 0. The van der Waals surface area contributed by atoms with Crippen molar-refractivity contribution in [2.75, 3.05) is 12.1 Å². The number of imide groups is 1. The van der Waals surface area contributed by atoms with Crippen LogP contribution in [0.3, 0.4) is 0 Å². The molecule has 2 amide bonds. The van der Waals surface area contributed by atoms with E-state index in [0.29, 0.717) is 0 Å². The fourth-order valence-electron chi connectivity index (χ4n) is 2.09. The minimum absolute atomic E-state index is 0.256. The topological polar surface area (TPSA) is 65.3 Å². The number of amides is 2. The molecule has 0 N–H and O–H groups in total. The maximum atomic E-state index is 11.9. The lowest BCUT2D eigenvalue weighted by molar-refractivity contribution is -0.137. The largest absolute Gasteiger partial charge is 0.282 e. The zero-order valence-corrected chi connectivity index (χ0v) is 9.15. The molecular weight excluding hydrogens is 220 g/mol. The van der Waals surface area contributed by atoms with Crippen molar-refractivity contribution in [3.8, 4) is 0 Å². The number of rotatable bonds is 1. The minimum atomic E-state index is -0.687. The number of hydrogen-bond donors (Lipinski definition) is 0. The Kier molecular flexibility index (Phi) is 1.98. The normalized spacial score (nSPS) is 26.9. The van der Waals surface area contributed by atoms with E-state index in [0.717, 1.165) is 10.6 Å². The van der Waals surface area contributed by atoms with Gasteiger partial charge in [-0.3, -0.25) is 14.5 Å². The highest BCUT2D eigenvalue weighted by atomic mass is 16.2. The van der Waals surface area contributed by atoms with E-state index >= 15 is 0 Å². The second kappa shape index (κ2) is 3.38. The number of nitrogens with zero attached hydrogens (tertiary/aromatic N) is 4. The maximum absolute atomic E-state index is 11.9. The first-order valence-electron chi connectivity index (χ1n) is 5.26. The fourth-order valence-corrected chi connectivity index (χ4v) is 2.09. The number of anilines is 1. The van der Waals surface area contributed by atoms with Crippen LogP contribution in [0.25, 0.3) is 0 Å². The van der Waals surface area contributed by atoms with Crippen LogP contribution in [-0.4, -0.2) is 35.8 Å². The monoisotopic (exact) mass is 230 g/mol. The quantitative estimate of drug-likeness (QED) is 0.664. The van der Waals surface area contributed by atoms with Crippen molar-refractivity contribution in [1.29, 1.82) is 0 Å². The van der Waals surface area contributed by atoms with Crippen LogP contribution in [-0.2, 0) is 9.59 Å². The van der Waals surface area contributed by atoms with E-state index in [9.17, 15) is 9.59 Å². The Balaban J connectivity index is 1.99. The summed E-state index contributed by atoms with van der Waals surface area (Å²) in [6, 6.07) is 7.94. The molecule has 2 atom stereocenters. The number of carbonyl (C=O) groups excluding carboxylic acids is 2. The van der Waals surface area contributed by atoms with Gasteiger partial charge in [0.2, 0.25) is 0 Å². The van der Waals surface area contributed by atoms with Crippen LogP contribution < -0.4 is 5.01 Å². The highest BCUT2D eigenvalue weighted by molar-refractivity contribution is 6.10. The summed E-state index contributed by atoms with van der Waals surface area (Å²) in [6.07, 6.45) is 0. The number of likely N-dealkylation sites (tertiary alicyclic amines) is 1. The van der Waals surface area contributed by atoms with Crippen molar-refractivity contribution in [1.82, 2.24) is 4.90 Å². The van der Waals surface area contributed by atoms with Crippen LogP contribution in [0.1, 0.15) is 0 Å². The fraction of sp³-hybridized carbons (Fsp3) is 0.273. The van der Waals surface area contributed by atoms with E-state index in [2.05, 4.69) is 10.3 Å². The number of benzene rings is 1. The van der Waals surface area contributed by atoms with E-state index < -0.39 is 12.1 Å². The van der Waals surface area contributed by atoms with Crippen LogP contribution in [0.2, 0.25) is 0 Å². The third kappa shape index (κ3) is 1.27. The summed E-state index contributed by atoms with van der Waals surface area (Å²) in [6.45, 7) is 0. The number of hydrogen-bond acceptors (Lipinski definition) is 5. The van der Waals surface area contributed by atoms with Crippen molar-refractivity contribution in [2.24, 2.45) is 10.3 Å². The van der Waals surface area contributed by atoms with Gasteiger partial charge >= 0.3 is 0 Å². The van der Waals surface area contributed by atoms with Gasteiger partial charge in [-0.25, -0.2) is 5.01 Å². The van der Waals surface area contributed by atoms with Crippen LogP contribution in [0.5, 0.6) is 0 Å². The highest BCUT2D eigenvalue weighted by Crippen LogP contribution is 2.31. The summed E-state index contributed by atoms with van der Waals surface area (Å²) in [4.78, 5) is 24.7. The number of carbonyl (C=O) groups is 2. The predicted octanol–water partition coefficient (Wildman–Crippen LogP) is 0.610. The number of likely N-dealkylation sites (N-methyl/N-ethyl adjacent to an activating group) is 1. The van der Waals surface area contributed by atoms with Gasteiger partial charge in [0.25, 0.3) is 11.8 Å². The average Bonchev–Trinajstić information content (AvgIpc) is 2.88. The Hall–Kier alpha value is -2.24. The lowest BCUT2D eigenvalue weighted by Crippen LogP contribution is -2.38. The van der Waals surface area contributed by atoms with Gasteiger partial charge in [-0.15, -0.1) is 0 Å². The molecule has 0 bridgehead atoms. The summed E-state index contributed by atoms with van der Waals surface area (Å²) in [7, 11) is 1.47. The molecule has 86 valence electrons. The van der Waals surface area contributed by atoms with Crippen molar-refractivity contribution in [3.63, 3.8) is 0 Å². The van der Waals surface area contributed by atoms with E-state index in [4.69, 9.17) is 0 Å². The van der Waals surface area contributed by atoms with E-state index in [1.54, 1.807) is 0 Å². The third-order valence-corrected chi connectivity index (χ3v) is 3.02. The predicted molar refractivity (Wildman–Crippen MR) is 59.1 cm³/mol. The summed E-state index contributed by atoms with van der Waals surface area (Å²) in [5.41, 5.74) is 0.764. The molecule has 1 fully saturated rings. The molecule has 3 rings (SSSR count). The summed E-state index contributed by atoms with van der Waals surface area (Å²) >= 11 is 0. The molecule has 6 nitrogen and oxygen atoms in total. The van der Waals surface area contributed by atoms with Gasteiger partial charge < -0.3 is 0 Å². The third-order valence-electron chi connectivity index (χ3n) is 3.02. The first-order valence-corrected chi connectivity index (χ1v) is 5.26. The highest BCUT2D eigenvalue weighted by Gasteiger charge is 2.53. The summed E-state index contributed by atoms with van der Waals surface area (Å²) in [5.74, 6) is -0.545. The standard InChI is InChI=1S/C11H10N4O2/c1-14-10(16)8-9(11(14)17)15(13-12-8)7-5-3-2-4-6-7/h2-6,8-9H,1H3/t8-,9-/m1/s1. The lowest BCUT2D eigenvalue weighted by Gasteiger charge is -2.18. The molecule has 0 aliphatic carbocycles. The Morgan fingerprint density at radius 1 is 1.12 bits per heavy atom. The van der Waals surface area contributed by atoms with E-state index in [1.807, 2.05) is 30.3 Å². The van der Waals surface area contributed by atoms with Gasteiger partial charge in [0.1, 0.15) is 0 Å². The molecule has 1 saturated heterocycles. The van der Waals surface area contributed by atoms with Crippen molar-refractivity contribution >= 4 is 17.5 Å². The molecule has 6 heteroatoms. The zero-order chi connectivity index (χ0) is 12.0. The molecule has 2 heterocycles. The van der Waals surface area contributed by atoms with Crippen LogP contribution in [0, 0.1) is 0 Å². The molecule has 2 aliphatic rings. The summed E-state index contributed by atoms with van der Waals surface area (Å²) in [5, 5.41) is 9.30. The second-order valence-corrected chi connectivity index (χ2v) is 4.01. The Labute approximate surface area is 97.5 Å². The molecule has 0 spiro atoms. The minimum Gasteiger partial charge on any atom is -0.282 e. The molecule has 0 radical (unpaired) electrons. The Bertz CT molecular complexity index is 513. The molecule has 0 unspecified atom stereocenters. The van der Waals surface area contributed by atoms with Crippen LogP contribution in [0.15, 0.2) is 40.7 Å². The van der Waals surface area contributed by atoms with Gasteiger partial charge in [-0.2, -0.15) is 5.11 Å². The van der Waals surface area contributed by atoms with Gasteiger partial charge in [-0.1, -0.05) is 23.4 Å². The van der Waals surface area contributed by atoms with E-state index in [-0.39, 0.29) is 11.8 Å². The molecule has 17 heavy (non-hydrogen) atoms. The molecule has 0 aromatic heterocycles. The molecule has 2 aliphatic heterocycles. The number of fused-ring (bicyclic) bond motifs is 1. The SMILES string of the molecule is CN1C(=O)[C@@H]2N=NN(c3ccccc3)[C@H]2C1=O. The molecular formula is C11H10N4O2. The van der Waals surface area contributed by atoms with E-state index in [1.165, 1.54) is 12.1 Å². The smallest absolute Gasteiger partial charge is 0.258 e. The molecule has 1 aromatic rings. The first kappa shape index (κ1) is 9.95. The molecule has 0 saturated carbocycles. The van der Waals surface area contributed by atoms with Gasteiger partial charge in [0, 0.05) is 7.05 Å². The average molecular weight is 230 g/mol. The first-order chi connectivity index (χ1) is 8.20. The van der Waals surface area contributed by atoms with Crippen molar-refractivity contribution in [3.05, 3.63) is 30.3 Å².